The zero-order valence-corrected chi connectivity index (χ0v) is 15.7. The summed E-state index contributed by atoms with van der Waals surface area (Å²) in [6.45, 7) is 0.308. The van der Waals surface area contributed by atoms with Crippen molar-refractivity contribution >= 4 is 33.7 Å². The van der Waals surface area contributed by atoms with E-state index in [1.165, 1.54) is 16.2 Å². The highest BCUT2D eigenvalue weighted by Crippen LogP contribution is 2.43. The SMILES string of the molecule is N=C(N)NC1CC(c2nnc([C@@H]3CC[C@@H]4CN3C(=O)N4OS(=O)(=O)O)s2)C1. The summed E-state index contributed by atoms with van der Waals surface area (Å²) in [4.78, 5) is 14.0. The van der Waals surface area contributed by atoms with Crippen molar-refractivity contribution in [3.8, 4) is 0 Å². The quantitative estimate of drug-likeness (QED) is 0.290. The number of fused-ring (bicyclic) bond motifs is 2. The van der Waals surface area contributed by atoms with Gasteiger partial charge in [-0.25, -0.2) is 4.79 Å². The molecule has 2 atom stereocenters. The monoisotopic (exact) mass is 417 g/mol. The van der Waals surface area contributed by atoms with E-state index >= 15 is 0 Å². The predicted molar refractivity (Wildman–Crippen MR) is 93.1 cm³/mol. The Labute approximate surface area is 159 Å². The van der Waals surface area contributed by atoms with Crippen LogP contribution in [0, 0.1) is 5.41 Å². The molecule has 0 spiro atoms. The lowest BCUT2D eigenvalue weighted by molar-refractivity contribution is -0.0317. The Morgan fingerprint density at radius 3 is 2.70 bits per heavy atom. The highest BCUT2D eigenvalue weighted by Gasteiger charge is 2.48. The number of rotatable bonds is 5. The van der Waals surface area contributed by atoms with Gasteiger partial charge in [0.25, 0.3) is 0 Å². The first kappa shape index (κ1) is 18.3. The van der Waals surface area contributed by atoms with Crippen LogP contribution in [0.5, 0.6) is 0 Å². The van der Waals surface area contributed by atoms with E-state index in [-0.39, 0.29) is 24.0 Å². The zero-order valence-electron chi connectivity index (χ0n) is 14.1. The number of piperidine rings is 1. The molecule has 3 fully saturated rings. The van der Waals surface area contributed by atoms with Crippen molar-refractivity contribution in [1.29, 1.82) is 5.41 Å². The Morgan fingerprint density at radius 2 is 2.04 bits per heavy atom. The number of aromatic nitrogens is 2. The van der Waals surface area contributed by atoms with Crippen LogP contribution in [0.25, 0.3) is 0 Å². The van der Waals surface area contributed by atoms with Crippen LogP contribution in [0.15, 0.2) is 0 Å². The third-order valence-corrected chi connectivity index (χ3v) is 6.62. The molecular weight excluding hydrogens is 398 g/mol. The van der Waals surface area contributed by atoms with Gasteiger partial charge in [0, 0.05) is 18.5 Å². The third-order valence-electron chi connectivity index (χ3n) is 5.09. The molecule has 1 aromatic rings. The summed E-state index contributed by atoms with van der Waals surface area (Å²) >= 11 is 1.44. The number of urea groups is 1. The molecule has 2 aliphatic heterocycles. The normalized spacial score (nSPS) is 30.3. The first-order valence-corrected chi connectivity index (χ1v) is 10.6. The van der Waals surface area contributed by atoms with Crippen molar-refractivity contribution in [3.63, 3.8) is 0 Å². The molecule has 14 heteroatoms. The molecule has 0 unspecified atom stereocenters. The average Bonchev–Trinajstić information content (AvgIpc) is 3.10. The lowest BCUT2D eigenvalue weighted by atomic mass is 9.81. The highest BCUT2D eigenvalue weighted by molar-refractivity contribution is 7.80. The minimum absolute atomic E-state index is 0.0441. The van der Waals surface area contributed by atoms with E-state index in [9.17, 15) is 13.2 Å². The molecule has 3 aliphatic rings. The fourth-order valence-corrected chi connectivity index (χ4v) is 5.30. The smallest absolute Gasteiger partial charge is 0.370 e. The first-order valence-electron chi connectivity index (χ1n) is 8.42. The average molecular weight is 417 g/mol. The second-order valence-corrected chi connectivity index (χ2v) is 8.96. The van der Waals surface area contributed by atoms with Gasteiger partial charge in [-0.2, -0.15) is 13.5 Å². The molecule has 148 valence electrons. The van der Waals surface area contributed by atoms with E-state index in [2.05, 4.69) is 19.8 Å². The van der Waals surface area contributed by atoms with E-state index in [1.807, 2.05) is 0 Å². The summed E-state index contributed by atoms with van der Waals surface area (Å²) in [5.41, 5.74) is 5.33. The molecule has 2 saturated heterocycles. The van der Waals surface area contributed by atoms with Crippen LogP contribution in [0.3, 0.4) is 0 Å². The molecule has 4 rings (SSSR count). The van der Waals surface area contributed by atoms with Gasteiger partial charge >= 0.3 is 16.4 Å². The van der Waals surface area contributed by atoms with Crippen molar-refractivity contribution in [2.45, 2.75) is 49.7 Å². The topological polar surface area (TPSA) is 175 Å². The molecule has 0 aromatic carbocycles. The van der Waals surface area contributed by atoms with Crippen LogP contribution in [0.4, 0.5) is 4.79 Å². The number of nitrogens with two attached hydrogens (primary N) is 1. The van der Waals surface area contributed by atoms with E-state index in [1.54, 1.807) is 0 Å². The van der Waals surface area contributed by atoms with E-state index in [4.69, 9.17) is 15.7 Å². The maximum Gasteiger partial charge on any atom is 0.418 e. The molecule has 0 radical (unpaired) electrons. The summed E-state index contributed by atoms with van der Waals surface area (Å²) in [7, 11) is -4.75. The maximum atomic E-state index is 12.5. The minimum atomic E-state index is -4.75. The minimum Gasteiger partial charge on any atom is -0.370 e. The van der Waals surface area contributed by atoms with E-state index in [0.717, 1.165) is 22.9 Å². The van der Waals surface area contributed by atoms with Gasteiger partial charge in [-0.1, -0.05) is 11.3 Å². The van der Waals surface area contributed by atoms with E-state index in [0.29, 0.717) is 24.4 Å². The lowest BCUT2D eigenvalue weighted by Crippen LogP contribution is -2.46. The van der Waals surface area contributed by atoms with Crippen molar-refractivity contribution in [2.24, 2.45) is 5.73 Å². The van der Waals surface area contributed by atoms with Crippen LogP contribution in [-0.2, 0) is 14.7 Å². The molecule has 1 aliphatic carbocycles. The number of nitrogens with zero attached hydrogens (tertiary/aromatic N) is 4. The summed E-state index contributed by atoms with van der Waals surface area (Å²) in [6.07, 6.45) is 2.78. The Morgan fingerprint density at radius 1 is 1.33 bits per heavy atom. The van der Waals surface area contributed by atoms with Gasteiger partial charge < -0.3 is 16.0 Å². The summed E-state index contributed by atoms with van der Waals surface area (Å²) < 4.78 is 35.2. The summed E-state index contributed by atoms with van der Waals surface area (Å²) in [5.74, 6) is 0.204. The van der Waals surface area contributed by atoms with Crippen molar-refractivity contribution < 1.29 is 22.0 Å². The van der Waals surface area contributed by atoms with Gasteiger partial charge in [0.15, 0.2) is 5.96 Å². The van der Waals surface area contributed by atoms with Crippen molar-refractivity contribution in [3.05, 3.63) is 10.0 Å². The van der Waals surface area contributed by atoms with Gasteiger partial charge in [-0.3, -0.25) is 9.96 Å². The number of guanidine groups is 1. The molecule has 2 bridgehead atoms. The van der Waals surface area contributed by atoms with Crippen LogP contribution in [-0.4, -0.2) is 63.8 Å². The summed E-state index contributed by atoms with van der Waals surface area (Å²) in [5, 5.41) is 20.9. The van der Waals surface area contributed by atoms with Gasteiger partial charge in [0.1, 0.15) is 10.0 Å². The van der Waals surface area contributed by atoms with Crippen LogP contribution < -0.4 is 11.1 Å². The van der Waals surface area contributed by atoms with Gasteiger partial charge in [0.05, 0.1) is 12.1 Å². The van der Waals surface area contributed by atoms with Crippen molar-refractivity contribution in [1.82, 2.24) is 25.5 Å². The third kappa shape index (κ3) is 3.56. The maximum absolute atomic E-state index is 12.5. The molecular formula is C13H19N7O5S2. The number of carbonyl (C=O) groups is 1. The number of carbonyl (C=O) groups excluding carboxylic acids is 1. The first-order chi connectivity index (χ1) is 12.7. The summed E-state index contributed by atoms with van der Waals surface area (Å²) in [6, 6.07) is -1.15. The predicted octanol–water partition coefficient (Wildman–Crippen LogP) is -0.0573. The van der Waals surface area contributed by atoms with Gasteiger partial charge in [0.2, 0.25) is 0 Å². The molecule has 12 nitrogen and oxygen atoms in total. The fourth-order valence-electron chi connectivity index (χ4n) is 3.79. The van der Waals surface area contributed by atoms with Gasteiger partial charge in [-0.15, -0.1) is 14.5 Å². The number of hydroxylamine groups is 2. The molecule has 27 heavy (non-hydrogen) atoms. The largest absolute Gasteiger partial charge is 0.418 e. The van der Waals surface area contributed by atoms with Crippen molar-refractivity contribution in [2.75, 3.05) is 6.54 Å². The number of nitrogens with one attached hydrogen (secondary N) is 2. The second-order valence-electron chi connectivity index (χ2n) is 6.91. The van der Waals surface area contributed by atoms with E-state index < -0.39 is 22.5 Å². The lowest BCUT2D eigenvalue weighted by Gasteiger charge is -2.34. The number of hydrogen-bond acceptors (Lipinski definition) is 8. The Bertz CT molecular complexity index is 868. The highest BCUT2D eigenvalue weighted by atomic mass is 32.3. The van der Waals surface area contributed by atoms with Crippen LogP contribution in [0.1, 0.15) is 47.7 Å². The zero-order chi connectivity index (χ0) is 19.3. The Balaban J connectivity index is 1.43. The Hall–Kier alpha value is -2.03. The fraction of sp³-hybridized carbons (Fsp3) is 0.692. The molecule has 1 aromatic heterocycles. The van der Waals surface area contributed by atoms with Crippen LogP contribution >= 0.6 is 11.3 Å². The molecule has 3 heterocycles. The van der Waals surface area contributed by atoms with Gasteiger partial charge in [-0.05, 0) is 25.7 Å². The molecule has 5 N–H and O–H groups in total. The molecule has 1 saturated carbocycles. The second kappa shape index (κ2) is 6.54. The number of hydrogen-bond donors (Lipinski definition) is 4. The standard InChI is InChI=1S/C13H19N7O5S2/c14-12(15)16-7-3-6(4-7)10-17-18-11(26-10)9-2-1-8-5-19(9)13(21)20(8)25-27(22,23)24/h6-9H,1-5H2,(H4,14,15,16)(H,22,23,24)/t6?,7?,8-,9+/m1/s1. The molecule has 2 amide bonds. The van der Waals surface area contributed by atoms with Crippen LogP contribution in [0.2, 0.25) is 0 Å². The number of amides is 2. The Kier molecular flexibility index (Phi) is 4.44.